The van der Waals surface area contributed by atoms with Crippen molar-refractivity contribution in [3.63, 3.8) is 0 Å². The Bertz CT molecular complexity index is 1280. The number of furan rings is 1. The zero-order valence-corrected chi connectivity index (χ0v) is 19.1. The van der Waals surface area contributed by atoms with Gasteiger partial charge in [0.25, 0.3) is 11.8 Å². The van der Waals surface area contributed by atoms with Crippen LogP contribution in [-0.2, 0) is 4.79 Å². The smallest absolute Gasteiger partial charge is 0.263 e. The minimum Gasteiger partial charge on any atom is -0.455 e. The second-order valence-corrected chi connectivity index (χ2v) is 8.77. The maximum absolute atomic E-state index is 12.4. The van der Waals surface area contributed by atoms with Crippen molar-refractivity contribution in [3.8, 4) is 11.3 Å². The van der Waals surface area contributed by atoms with Gasteiger partial charge in [0.1, 0.15) is 16.4 Å². The van der Waals surface area contributed by atoms with E-state index < -0.39 is 11.8 Å². The summed E-state index contributed by atoms with van der Waals surface area (Å²) in [5, 5.41) is 7.62. The van der Waals surface area contributed by atoms with E-state index in [9.17, 15) is 9.59 Å². The third-order valence-electron chi connectivity index (χ3n) is 4.29. The lowest BCUT2D eigenvalue weighted by atomic mass is 10.2. The lowest BCUT2D eigenvalue weighted by Gasteiger charge is -2.02. The van der Waals surface area contributed by atoms with Crippen LogP contribution in [0.25, 0.3) is 21.4 Å². The van der Waals surface area contributed by atoms with E-state index in [4.69, 9.17) is 16.0 Å². The van der Waals surface area contributed by atoms with E-state index in [1.165, 1.54) is 17.6 Å². The highest BCUT2D eigenvalue weighted by Crippen LogP contribution is 2.34. The van der Waals surface area contributed by atoms with Crippen molar-refractivity contribution in [2.75, 3.05) is 6.54 Å². The first kappa shape index (κ1) is 21.3. The number of nitrogens with one attached hydrogen (secondary N) is 2. The number of thiophene rings is 1. The molecule has 4 rings (SSSR count). The highest BCUT2D eigenvalue weighted by molar-refractivity contribution is 9.10. The average Bonchev–Trinajstić information content (AvgIpc) is 3.38. The number of hydrogen-bond donors (Lipinski definition) is 2. The Kier molecular flexibility index (Phi) is 6.50. The minimum atomic E-state index is -0.471. The van der Waals surface area contributed by atoms with Crippen LogP contribution in [0.15, 0.2) is 74.7 Å². The van der Waals surface area contributed by atoms with Crippen molar-refractivity contribution in [1.29, 1.82) is 0 Å². The number of carbonyl (C=O) groups excluding carboxylic acids is 2. The normalized spacial score (nSPS) is 11.2. The van der Waals surface area contributed by atoms with E-state index in [0.717, 1.165) is 20.1 Å². The van der Waals surface area contributed by atoms with Gasteiger partial charge in [-0.3, -0.25) is 9.59 Å². The third-order valence-corrected chi connectivity index (χ3v) is 6.49. The Morgan fingerprint density at radius 2 is 1.87 bits per heavy atom. The molecule has 6 nitrogen and oxygen atoms in total. The van der Waals surface area contributed by atoms with Crippen LogP contribution >= 0.6 is 38.9 Å². The molecule has 0 radical (unpaired) electrons. The molecule has 0 atom stereocenters. The maximum Gasteiger partial charge on any atom is 0.263 e. The molecule has 2 N–H and O–H groups in total. The van der Waals surface area contributed by atoms with E-state index in [1.54, 1.807) is 6.07 Å². The number of hydrazone groups is 1. The van der Waals surface area contributed by atoms with Gasteiger partial charge in [-0.15, -0.1) is 11.3 Å². The van der Waals surface area contributed by atoms with Gasteiger partial charge in [0, 0.05) is 20.1 Å². The lowest BCUT2D eigenvalue weighted by Crippen LogP contribution is -2.34. The summed E-state index contributed by atoms with van der Waals surface area (Å²) in [7, 11) is 0. The fourth-order valence-electron chi connectivity index (χ4n) is 2.80. The number of benzene rings is 2. The Balaban J connectivity index is 1.30. The molecule has 9 heteroatoms. The molecular weight excluding hydrogens is 502 g/mol. The van der Waals surface area contributed by atoms with Crippen LogP contribution in [0.2, 0.25) is 5.02 Å². The van der Waals surface area contributed by atoms with Gasteiger partial charge in [0.15, 0.2) is 0 Å². The van der Waals surface area contributed by atoms with Gasteiger partial charge < -0.3 is 9.73 Å². The molecule has 0 bridgehead atoms. The fraction of sp³-hybridized carbons (Fsp3) is 0.0455. The van der Waals surface area contributed by atoms with Crippen molar-refractivity contribution in [3.05, 3.63) is 80.8 Å². The van der Waals surface area contributed by atoms with Crippen LogP contribution in [0.3, 0.4) is 0 Å². The largest absolute Gasteiger partial charge is 0.455 e. The molecule has 31 heavy (non-hydrogen) atoms. The number of amides is 2. The molecule has 2 aromatic heterocycles. The van der Waals surface area contributed by atoms with Crippen LogP contribution in [0, 0.1) is 0 Å². The average molecular weight is 517 g/mol. The molecule has 0 spiro atoms. The summed E-state index contributed by atoms with van der Waals surface area (Å²) in [6.45, 7) is -0.233. The summed E-state index contributed by atoms with van der Waals surface area (Å²) < 4.78 is 7.58. The number of rotatable bonds is 6. The van der Waals surface area contributed by atoms with Gasteiger partial charge in [-0.05, 0) is 30.3 Å². The van der Waals surface area contributed by atoms with Gasteiger partial charge in [-0.1, -0.05) is 57.9 Å². The summed E-state index contributed by atoms with van der Waals surface area (Å²) >= 11 is 11.0. The van der Waals surface area contributed by atoms with Gasteiger partial charge in [-0.25, -0.2) is 5.43 Å². The standard InChI is InChI=1S/C22H15BrClN3O3S/c23-14-7-5-13(6-8-14)17-10-9-15(30-17)11-26-27-19(28)12-25-22(29)21-20(24)16-3-1-2-4-18(16)31-21/h1-11H,12H2,(H,25,29)(H,27,28)/b26-11-. The molecule has 0 aliphatic rings. The minimum absolute atomic E-state index is 0.233. The first-order valence-corrected chi connectivity index (χ1v) is 11.1. The molecule has 2 heterocycles. The molecule has 0 unspecified atom stereocenters. The van der Waals surface area contributed by atoms with E-state index >= 15 is 0 Å². The second-order valence-electron chi connectivity index (χ2n) is 6.43. The molecule has 0 aliphatic carbocycles. The molecule has 0 saturated carbocycles. The fourth-order valence-corrected chi connectivity index (χ4v) is 4.50. The molecule has 2 amide bonds. The monoisotopic (exact) mass is 515 g/mol. The quantitative estimate of drug-likeness (QED) is 0.264. The van der Waals surface area contributed by atoms with E-state index in [-0.39, 0.29) is 6.54 Å². The first-order valence-electron chi connectivity index (χ1n) is 9.14. The van der Waals surface area contributed by atoms with E-state index in [2.05, 4.69) is 31.8 Å². The van der Waals surface area contributed by atoms with Gasteiger partial charge in [-0.2, -0.15) is 5.10 Å². The number of hydrogen-bond acceptors (Lipinski definition) is 5. The summed E-state index contributed by atoms with van der Waals surface area (Å²) in [4.78, 5) is 24.7. The topological polar surface area (TPSA) is 83.7 Å². The van der Waals surface area contributed by atoms with Crippen molar-refractivity contribution >= 4 is 67.0 Å². The van der Waals surface area contributed by atoms with E-state index in [1.807, 2.05) is 54.6 Å². The van der Waals surface area contributed by atoms with Crippen LogP contribution in [0.5, 0.6) is 0 Å². The molecule has 156 valence electrons. The molecule has 0 aliphatic heterocycles. The molecule has 0 fully saturated rings. The van der Waals surface area contributed by atoms with Gasteiger partial charge >= 0.3 is 0 Å². The zero-order chi connectivity index (χ0) is 21.8. The first-order chi connectivity index (χ1) is 15.0. The Hall–Kier alpha value is -2.94. The predicted octanol–water partition coefficient (Wildman–Crippen LogP) is 5.46. The SMILES string of the molecule is O=C(CNC(=O)c1sc2ccccc2c1Cl)N/N=C\c1ccc(-c2ccc(Br)cc2)o1. The molecule has 2 aromatic carbocycles. The van der Waals surface area contributed by atoms with Crippen molar-refractivity contribution in [2.24, 2.45) is 5.10 Å². The van der Waals surface area contributed by atoms with Crippen LogP contribution in [-0.4, -0.2) is 24.6 Å². The Morgan fingerprint density at radius 3 is 2.65 bits per heavy atom. The van der Waals surface area contributed by atoms with Gasteiger partial charge in [0.05, 0.1) is 17.8 Å². The van der Waals surface area contributed by atoms with Crippen molar-refractivity contribution in [2.45, 2.75) is 0 Å². The maximum atomic E-state index is 12.4. The summed E-state index contributed by atoms with van der Waals surface area (Å²) in [6.07, 6.45) is 1.39. The Morgan fingerprint density at radius 1 is 1.10 bits per heavy atom. The second kappa shape index (κ2) is 9.47. The summed E-state index contributed by atoms with van der Waals surface area (Å²) in [5.41, 5.74) is 3.28. The molecular formula is C22H15BrClN3O3S. The van der Waals surface area contributed by atoms with Crippen LogP contribution in [0.4, 0.5) is 0 Å². The van der Waals surface area contributed by atoms with Crippen LogP contribution in [0.1, 0.15) is 15.4 Å². The van der Waals surface area contributed by atoms with Crippen molar-refractivity contribution < 1.29 is 14.0 Å². The summed E-state index contributed by atoms with van der Waals surface area (Å²) in [6, 6.07) is 18.7. The number of halogens is 2. The number of carbonyl (C=O) groups is 2. The van der Waals surface area contributed by atoms with E-state index in [0.29, 0.717) is 21.4 Å². The number of fused-ring (bicyclic) bond motifs is 1. The third kappa shape index (κ3) is 5.04. The summed E-state index contributed by atoms with van der Waals surface area (Å²) in [5.74, 6) is 0.295. The lowest BCUT2D eigenvalue weighted by molar-refractivity contribution is -0.120. The predicted molar refractivity (Wildman–Crippen MR) is 127 cm³/mol. The Labute approximate surface area is 195 Å². The van der Waals surface area contributed by atoms with Crippen LogP contribution < -0.4 is 10.7 Å². The molecule has 4 aromatic rings. The zero-order valence-electron chi connectivity index (χ0n) is 15.9. The highest BCUT2D eigenvalue weighted by atomic mass is 79.9. The van der Waals surface area contributed by atoms with Crippen molar-refractivity contribution in [1.82, 2.24) is 10.7 Å². The number of nitrogens with zero attached hydrogens (tertiary/aromatic N) is 1. The molecule has 0 saturated heterocycles. The highest BCUT2D eigenvalue weighted by Gasteiger charge is 2.17. The van der Waals surface area contributed by atoms with Gasteiger partial charge in [0.2, 0.25) is 0 Å².